The Morgan fingerprint density at radius 3 is 2.62 bits per heavy atom. The lowest BCUT2D eigenvalue weighted by Crippen LogP contribution is -2.23. The van der Waals surface area contributed by atoms with Gasteiger partial charge in [0.15, 0.2) is 9.84 Å². The van der Waals surface area contributed by atoms with Crippen LogP contribution in [0.15, 0.2) is 12.1 Å². The Balaban J connectivity index is 2.65. The van der Waals surface area contributed by atoms with E-state index in [1.54, 1.807) is 0 Å². The molecule has 0 unspecified atom stereocenters. The summed E-state index contributed by atoms with van der Waals surface area (Å²) >= 11 is 0. The van der Waals surface area contributed by atoms with Crippen LogP contribution in [-0.2, 0) is 16.4 Å². The fourth-order valence-corrected chi connectivity index (χ4v) is 3.01. The highest BCUT2D eigenvalue weighted by atomic mass is 32.2. The van der Waals surface area contributed by atoms with Crippen LogP contribution in [-0.4, -0.2) is 37.6 Å². The van der Waals surface area contributed by atoms with Crippen LogP contribution in [0.4, 0.5) is 0 Å². The van der Waals surface area contributed by atoms with Crippen molar-refractivity contribution >= 4 is 9.84 Å². The van der Waals surface area contributed by atoms with Gasteiger partial charge in [0.25, 0.3) is 0 Å². The van der Waals surface area contributed by atoms with Crippen molar-refractivity contribution in [3.05, 3.63) is 23.5 Å². The van der Waals surface area contributed by atoms with Gasteiger partial charge in [-0.2, -0.15) is 0 Å². The highest BCUT2D eigenvalue weighted by Crippen LogP contribution is 2.17. The Kier molecular flexibility index (Phi) is 7.11. The zero-order valence-corrected chi connectivity index (χ0v) is 14.2. The van der Waals surface area contributed by atoms with Crippen molar-refractivity contribution in [2.45, 2.75) is 46.7 Å². The largest absolute Gasteiger partial charge is 0.491 e. The van der Waals surface area contributed by atoms with Crippen LogP contribution in [0.5, 0.6) is 5.75 Å². The van der Waals surface area contributed by atoms with E-state index in [0.717, 1.165) is 11.4 Å². The van der Waals surface area contributed by atoms with Crippen molar-refractivity contribution in [3.8, 4) is 5.75 Å². The first-order chi connectivity index (χ1) is 9.84. The van der Waals surface area contributed by atoms with E-state index in [0.29, 0.717) is 24.8 Å². The molecule has 0 amide bonds. The van der Waals surface area contributed by atoms with E-state index >= 15 is 0 Å². The van der Waals surface area contributed by atoms with Gasteiger partial charge in [-0.15, -0.1) is 0 Å². The highest BCUT2D eigenvalue weighted by molar-refractivity contribution is 7.91. The van der Waals surface area contributed by atoms with E-state index < -0.39 is 9.84 Å². The van der Waals surface area contributed by atoms with E-state index in [-0.39, 0.29) is 18.1 Å². The van der Waals surface area contributed by atoms with Crippen LogP contribution in [0.25, 0.3) is 0 Å². The quantitative estimate of drug-likeness (QED) is 0.756. The lowest BCUT2D eigenvalue weighted by atomic mass is 10.2. The third-order valence-corrected chi connectivity index (χ3v) is 4.74. The number of aryl methyl sites for hydroxylation is 1. The van der Waals surface area contributed by atoms with E-state index in [1.807, 2.05) is 26.0 Å². The number of hydrogen-bond donors (Lipinski definition) is 1. The average molecular weight is 314 g/mol. The van der Waals surface area contributed by atoms with Crippen LogP contribution < -0.4 is 10.1 Å². The van der Waals surface area contributed by atoms with Crippen molar-refractivity contribution in [3.63, 3.8) is 0 Å². The molecule has 0 spiro atoms. The first-order valence-corrected chi connectivity index (χ1v) is 9.19. The summed E-state index contributed by atoms with van der Waals surface area (Å²) in [6.07, 6.45) is 0.637. The molecule has 5 nitrogen and oxygen atoms in total. The minimum absolute atomic E-state index is 0.0474. The fourth-order valence-electron chi connectivity index (χ4n) is 1.85. The Morgan fingerprint density at radius 1 is 1.29 bits per heavy atom. The summed E-state index contributed by atoms with van der Waals surface area (Å²) in [5, 5.41) is 3.30. The van der Waals surface area contributed by atoms with Crippen molar-refractivity contribution in [2.24, 2.45) is 0 Å². The van der Waals surface area contributed by atoms with Gasteiger partial charge in [0.05, 0.1) is 17.2 Å². The molecule has 0 saturated heterocycles. The Labute approximate surface area is 128 Å². The highest BCUT2D eigenvalue weighted by Gasteiger charge is 2.11. The number of rotatable bonds is 9. The number of aromatic nitrogens is 1. The smallest absolute Gasteiger partial charge is 0.153 e. The zero-order chi connectivity index (χ0) is 15.9. The molecule has 120 valence electrons. The number of nitrogens with one attached hydrogen (secondary N) is 1. The maximum absolute atomic E-state index is 11.7. The van der Waals surface area contributed by atoms with Crippen LogP contribution in [0.1, 0.15) is 38.6 Å². The van der Waals surface area contributed by atoms with Gasteiger partial charge in [0, 0.05) is 18.3 Å². The Hall–Kier alpha value is -1.14. The number of sulfone groups is 1. The zero-order valence-electron chi connectivity index (χ0n) is 13.3. The molecule has 1 heterocycles. The third kappa shape index (κ3) is 6.91. The summed E-state index contributed by atoms with van der Waals surface area (Å²) in [7, 11) is -3.01. The fraction of sp³-hybridized carbons (Fsp3) is 0.667. The van der Waals surface area contributed by atoms with Crippen molar-refractivity contribution < 1.29 is 13.2 Å². The second-order valence-corrected chi connectivity index (χ2v) is 7.74. The molecule has 0 aliphatic heterocycles. The van der Waals surface area contributed by atoms with Gasteiger partial charge < -0.3 is 10.1 Å². The van der Waals surface area contributed by atoms with Crippen molar-refractivity contribution in [2.75, 3.05) is 18.1 Å². The molecule has 0 aliphatic rings. The van der Waals surface area contributed by atoms with Gasteiger partial charge in [0.1, 0.15) is 12.4 Å². The molecule has 0 bridgehead atoms. The molecule has 0 saturated carbocycles. The third-order valence-electron chi connectivity index (χ3n) is 2.92. The minimum atomic E-state index is -3.01. The molecular formula is C15H26N2O3S. The maximum atomic E-state index is 11.7. The predicted octanol–water partition coefficient (Wildman–Crippen LogP) is 2.09. The summed E-state index contributed by atoms with van der Waals surface area (Å²) in [5.74, 6) is 0.913. The number of pyridine rings is 1. The van der Waals surface area contributed by atoms with E-state index in [2.05, 4.69) is 24.1 Å². The monoisotopic (exact) mass is 314 g/mol. The molecule has 0 fully saturated rings. The van der Waals surface area contributed by atoms with E-state index in [1.165, 1.54) is 0 Å². The molecule has 21 heavy (non-hydrogen) atoms. The van der Waals surface area contributed by atoms with Crippen LogP contribution >= 0.6 is 0 Å². The number of nitrogens with zero attached hydrogens (tertiary/aromatic N) is 1. The molecule has 1 rings (SSSR count). The first-order valence-electron chi connectivity index (χ1n) is 7.37. The van der Waals surface area contributed by atoms with Gasteiger partial charge in [-0.25, -0.2) is 8.42 Å². The van der Waals surface area contributed by atoms with Gasteiger partial charge in [-0.1, -0.05) is 20.8 Å². The van der Waals surface area contributed by atoms with E-state index in [9.17, 15) is 8.42 Å². The van der Waals surface area contributed by atoms with Crippen LogP contribution in [0, 0.1) is 6.92 Å². The summed E-state index contributed by atoms with van der Waals surface area (Å²) in [4.78, 5) is 4.46. The predicted molar refractivity (Wildman–Crippen MR) is 85.4 cm³/mol. The molecule has 0 radical (unpaired) electrons. The normalized spacial score (nSPS) is 11.9. The minimum Gasteiger partial charge on any atom is -0.491 e. The molecule has 1 aromatic rings. The molecule has 0 aromatic carbocycles. The molecule has 1 aromatic heterocycles. The first kappa shape index (κ1) is 17.9. The maximum Gasteiger partial charge on any atom is 0.153 e. The average Bonchev–Trinajstić information content (AvgIpc) is 2.38. The molecule has 1 N–H and O–H groups in total. The SMILES string of the molecule is CCCS(=O)(=O)CCOc1ccc(C)nc1CNC(C)C. The molecule has 0 atom stereocenters. The van der Waals surface area contributed by atoms with Gasteiger partial charge in [-0.3, -0.25) is 4.98 Å². The molecule has 0 aliphatic carbocycles. The van der Waals surface area contributed by atoms with Gasteiger partial charge >= 0.3 is 0 Å². The number of hydrogen-bond acceptors (Lipinski definition) is 5. The lowest BCUT2D eigenvalue weighted by Gasteiger charge is -2.13. The Bertz CT molecular complexity index is 542. The van der Waals surface area contributed by atoms with E-state index in [4.69, 9.17) is 4.74 Å². The van der Waals surface area contributed by atoms with Crippen LogP contribution in [0.3, 0.4) is 0 Å². The number of ether oxygens (including phenoxy) is 1. The topological polar surface area (TPSA) is 68.3 Å². The van der Waals surface area contributed by atoms with Crippen molar-refractivity contribution in [1.82, 2.24) is 10.3 Å². The van der Waals surface area contributed by atoms with Crippen LogP contribution in [0.2, 0.25) is 0 Å². The standard InChI is InChI=1S/C15H26N2O3S/c1-5-9-21(18,19)10-8-20-15-7-6-13(4)17-14(15)11-16-12(2)3/h6-7,12,16H,5,8-11H2,1-4H3. The lowest BCUT2D eigenvalue weighted by molar-refractivity contribution is 0.333. The summed E-state index contributed by atoms with van der Waals surface area (Å²) in [6, 6.07) is 4.08. The molecular weight excluding hydrogens is 288 g/mol. The summed E-state index contributed by atoms with van der Waals surface area (Å²) in [5.41, 5.74) is 1.73. The second-order valence-electron chi connectivity index (χ2n) is 5.43. The van der Waals surface area contributed by atoms with Gasteiger partial charge in [-0.05, 0) is 25.5 Å². The second kappa shape index (κ2) is 8.34. The summed E-state index contributed by atoms with van der Waals surface area (Å²) in [6.45, 7) is 8.69. The Morgan fingerprint density at radius 2 is 2.00 bits per heavy atom. The summed E-state index contributed by atoms with van der Waals surface area (Å²) < 4.78 is 29.0. The van der Waals surface area contributed by atoms with Gasteiger partial charge in [0.2, 0.25) is 0 Å². The molecule has 6 heteroatoms. The van der Waals surface area contributed by atoms with Crippen molar-refractivity contribution in [1.29, 1.82) is 0 Å².